The van der Waals surface area contributed by atoms with Crippen molar-refractivity contribution in [2.24, 2.45) is 0 Å². The summed E-state index contributed by atoms with van der Waals surface area (Å²) in [5.74, 6) is 0.183. The normalized spacial score (nSPS) is 32.2. The van der Waals surface area contributed by atoms with E-state index < -0.39 is 0 Å². The van der Waals surface area contributed by atoms with Gasteiger partial charge in [0.15, 0.2) is 0 Å². The molecule has 5 nitrogen and oxygen atoms in total. The van der Waals surface area contributed by atoms with Crippen molar-refractivity contribution in [1.82, 2.24) is 10.2 Å². The Kier molecular flexibility index (Phi) is 5.07. The summed E-state index contributed by atoms with van der Waals surface area (Å²) < 4.78 is 6.25. The van der Waals surface area contributed by atoms with Gasteiger partial charge in [-0.2, -0.15) is 0 Å². The topological polar surface area (TPSA) is 61.8 Å². The van der Waals surface area contributed by atoms with Gasteiger partial charge in [-0.1, -0.05) is 0 Å². The predicted molar refractivity (Wildman–Crippen MR) is 103 cm³/mol. The molecule has 1 unspecified atom stereocenters. The second-order valence-corrected chi connectivity index (χ2v) is 9.15. The van der Waals surface area contributed by atoms with E-state index in [2.05, 4.69) is 16.3 Å². The molecule has 1 aromatic heterocycles. The summed E-state index contributed by atoms with van der Waals surface area (Å²) in [6, 6.07) is 2.59. The molecule has 7 heteroatoms. The molecule has 26 heavy (non-hydrogen) atoms. The molecule has 3 atom stereocenters. The van der Waals surface area contributed by atoms with Gasteiger partial charge in [0, 0.05) is 23.4 Å². The van der Waals surface area contributed by atoms with Crippen molar-refractivity contribution in [3.8, 4) is 0 Å². The Morgan fingerprint density at radius 2 is 1.96 bits per heavy atom. The van der Waals surface area contributed by atoms with Gasteiger partial charge in [-0.3, -0.25) is 4.79 Å². The molecule has 0 saturated carbocycles. The highest BCUT2D eigenvalue weighted by molar-refractivity contribution is 7.14. The number of piperidine rings is 2. The van der Waals surface area contributed by atoms with Crippen molar-refractivity contribution in [3.05, 3.63) is 21.4 Å². The highest BCUT2D eigenvalue weighted by Gasteiger charge is 2.45. The van der Waals surface area contributed by atoms with Crippen LogP contribution in [0.25, 0.3) is 0 Å². The van der Waals surface area contributed by atoms with Gasteiger partial charge in [-0.25, -0.2) is 0 Å². The van der Waals surface area contributed by atoms with Crippen molar-refractivity contribution < 1.29 is 14.6 Å². The Bertz CT molecular complexity index is 674. The zero-order chi connectivity index (χ0) is 17.0. The Balaban J connectivity index is 0.00000168. The molecule has 2 N–H and O–H groups in total. The van der Waals surface area contributed by atoms with Crippen LogP contribution in [0, 0.1) is 0 Å². The number of nitrogens with zero attached hydrogens (tertiary/aromatic N) is 1. The van der Waals surface area contributed by atoms with Crippen molar-refractivity contribution in [3.63, 3.8) is 0 Å². The molecule has 1 spiro atoms. The van der Waals surface area contributed by atoms with Gasteiger partial charge in [0.1, 0.15) is 0 Å². The number of rotatable bonds is 1. The third-order valence-electron chi connectivity index (χ3n) is 6.57. The number of fused-ring (bicyclic) bond motifs is 4. The van der Waals surface area contributed by atoms with Gasteiger partial charge < -0.3 is 20.1 Å². The largest absolute Gasteiger partial charge is 0.393 e. The molecule has 0 radical (unpaired) electrons. The molecule has 0 aliphatic carbocycles. The van der Waals surface area contributed by atoms with E-state index in [1.807, 2.05) is 0 Å². The fraction of sp³-hybridized carbons (Fsp3) is 0.737. The number of aliphatic hydroxyl groups excluding tert-OH is 1. The van der Waals surface area contributed by atoms with Crippen LogP contribution in [-0.2, 0) is 16.8 Å². The number of hydrogen-bond donors (Lipinski definition) is 2. The maximum absolute atomic E-state index is 13.3. The Morgan fingerprint density at radius 1 is 1.27 bits per heavy atom. The standard InChI is InChI=1S/C19H26N2O3S.ClH/c22-14-9-12-1-2-13(10-14)21(12)18(23)17-11-15-16(25-17)3-8-24-19(15)4-6-20-7-5-19;/h11-14,20,22H,1-10H2;1H/t12-,13+,14?;. The first kappa shape index (κ1) is 18.7. The van der Waals surface area contributed by atoms with Crippen LogP contribution in [0.4, 0.5) is 0 Å². The van der Waals surface area contributed by atoms with Gasteiger partial charge in [0.25, 0.3) is 5.91 Å². The molecule has 4 aliphatic rings. The monoisotopic (exact) mass is 398 g/mol. The van der Waals surface area contributed by atoms with E-state index in [-0.39, 0.29) is 42.1 Å². The van der Waals surface area contributed by atoms with Crippen molar-refractivity contribution in [2.75, 3.05) is 19.7 Å². The summed E-state index contributed by atoms with van der Waals surface area (Å²) in [7, 11) is 0. The van der Waals surface area contributed by atoms with E-state index >= 15 is 0 Å². The van der Waals surface area contributed by atoms with Gasteiger partial charge in [0.05, 0.1) is 23.2 Å². The van der Waals surface area contributed by atoms with Gasteiger partial charge in [0.2, 0.25) is 0 Å². The lowest BCUT2D eigenvalue weighted by atomic mass is 9.83. The highest BCUT2D eigenvalue weighted by atomic mass is 35.5. The van der Waals surface area contributed by atoms with Gasteiger partial charge in [-0.05, 0) is 63.2 Å². The number of aliphatic hydroxyl groups is 1. The number of ether oxygens (including phenoxy) is 1. The number of amides is 1. The average Bonchev–Trinajstić information content (AvgIpc) is 3.16. The molecule has 5 heterocycles. The zero-order valence-electron chi connectivity index (χ0n) is 14.9. The fourth-order valence-electron chi connectivity index (χ4n) is 5.37. The summed E-state index contributed by atoms with van der Waals surface area (Å²) in [6.45, 7) is 2.72. The number of halogens is 1. The summed E-state index contributed by atoms with van der Waals surface area (Å²) in [4.78, 5) is 17.6. The van der Waals surface area contributed by atoms with E-state index in [0.717, 1.165) is 69.5 Å². The first-order valence-corrected chi connectivity index (χ1v) is 10.5. The third-order valence-corrected chi connectivity index (χ3v) is 7.75. The minimum atomic E-state index is -0.232. The lowest BCUT2D eigenvalue weighted by Crippen LogP contribution is -2.47. The first-order valence-electron chi connectivity index (χ1n) is 9.65. The summed E-state index contributed by atoms with van der Waals surface area (Å²) in [5.41, 5.74) is 1.10. The predicted octanol–water partition coefficient (Wildman–Crippen LogP) is 2.45. The van der Waals surface area contributed by atoms with Crippen LogP contribution in [0.1, 0.15) is 58.6 Å². The van der Waals surface area contributed by atoms with E-state index in [0.29, 0.717) is 0 Å². The van der Waals surface area contributed by atoms with Crippen LogP contribution in [-0.4, -0.2) is 53.8 Å². The Morgan fingerprint density at radius 3 is 2.65 bits per heavy atom. The Labute approximate surface area is 164 Å². The molecule has 5 rings (SSSR count). The molecule has 0 aromatic carbocycles. The van der Waals surface area contributed by atoms with Gasteiger partial charge in [-0.15, -0.1) is 23.7 Å². The van der Waals surface area contributed by atoms with Crippen LogP contribution in [0.2, 0.25) is 0 Å². The summed E-state index contributed by atoms with van der Waals surface area (Å²) in [6.07, 6.45) is 6.24. The number of nitrogens with one attached hydrogen (secondary N) is 1. The molecule has 3 fully saturated rings. The van der Waals surface area contributed by atoms with Crippen LogP contribution < -0.4 is 5.32 Å². The smallest absolute Gasteiger partial charge is 0.264 e. The van der Waals surface area contributed by atoms with E-state index in [4.69, 9.17) is 4.74 Å². The number of thiophene rings is 1. The fourth-order valence-corrected chi connectivity index (χ4v) is 6.55. The van der Waals surface area contributed by atoms with Crippen LogP contribution >= 0.6 is 23.7 Å². The lowest BCUT2D eigenvalue weighted by molar-refractivity contribution is -0.0792. The third kappa shape index (κ3) is 2.90. The van der Waals surface area contributed by atoms with Crippen molar-refractivity contribution in [1.29, 1.82) is 0 Å². The minimum absolute atomic E-state index is 0. The molecular weight excluding hydrogens is 372 g/mol. The van der Waals surface area contributed by atoms with Crippen molar-refractivity contribution >= 4 is 29.7 Å². The number of carbonyl (C=O) groups is 1. The van der Waals surface area contributed by atoms with Crippen LogP contribution in [0.5, 0.6) is 0 Å². The molecule has 4 aliphatic heterocycles. The number of hydrogen-bond acceptors (Lipinski definition) is 5. The SMILES string of the molecule is Cl.O=C(c1cc2c(s1)CCOC21CCNCC1)N1[C@@H]2CC[C@H]1CC(O)C2. The maximum Gasteiger partial charge on any atom is 0.264 e. The second-order valence-electron chi connectivity index (χ2n) is 8.01. The zero-order valence-corrected chi connectivity index (χ0v) is 16.5. The van der Waals surface area contributed by atoms with Crippen LogP contribution in [0.3, 0.4) is 0 Å². The summed E-state index contributed by atoms with van der Waals surface area (Å²) in [5, 5.41) is 13.4. The van der Waals surface area contributed by atoms with E-state index in [1.165, 1.54) is 10.4 Å². The minimum Gasteiger partial charge on any atom is -0.393 e. The van der Waals surface area contributed by atoms with E-state index in [9.17, 15) is 9.90 Å². The maximum atomic E-state index is 13.3. The average molecular weight is 399 g/mol. The highest BCUT2D eigenvalue weighted by Crippen LogP contribution is 2.45. The van der Waals surface area contributed by atoms with Gasteiger partial charge >= 0.3 is 0 Å². The molecular formula is C19H27ClN2O3S. The van der Waals surface area contributed by atoms with E-state index in [1.54, 1.807) is 11.3 Å². The molecule has 1 aromatic rings. The molecule has 2 bridgehead atoms. The Hall–Kier alpha value is -0.660. The lowest BCUT2D eigenvalue weighted by Gasteiger charge is -2.40. The molecule has 3 saturated heterocycles. The molecule has 1 amide bonds. The quantitative estimate of drug-likeness (QED) is 0.762. The number of carbonyl (C=O) groups excluding carboxylic acids is 1. The summed E-state index contributed by atoms with van der Waals surface area (Å²) >= 11 is 1.68. The second kappa shape index (κ2) is 7.06. The molecule has 144 valence electrons. The van der Waals surface area contributed by atoms with Crippen LogP contribution in [0.15, 0.2) is 6.07 Å². The first-order chi connectivity index (χ1) is 12.2. The van der Waals surface area contributed by atoms with Crippen molar-refractivity contribution in [2.45, 2.75) is 68.7 Å².